The van der Waals surface area contributed by atoms with E-state index < -0.39 is 0 Å². The molecule has 0 bridgehead atoms. The highest BCUT2D eigenvalue weighted by Crippen LogP contribution is 2.09. The Labute approximate surface area is 125 Å². The molecule has 0 aliphatic carbocycles. The Bertz CT molecular complexity index is 515. The van der Waals surface area contributed by atoms with E-state index in [1.165, 1.54) is 0 Å². The summed E-state index contributed by atoms with van der Waals surface area (Å²) >= 11 is 0. The van der Waals surface area contributed by atoms with Crippen LogP contribution < -0.4 is 10.1 Å². The van der Waals surface area contributed by atoms with Gasteiger partial charge >= 0.3 is 6.01 Å². The first kappa shape index (κ1) is 15.5. The van der Waals surface area contributed by atoms with Gasteiger partial charge in [-0.15, -0.1) is 5.10 Å². The molecule has 0 radical (unpaired) electrons. The molecule has 0 saturated heterocycles. The molecule has 6 nitrogen and oxygen atoms in total. The fourth-order valence-electron chi connectivity index (χ4n) is 1.92. The summed E-state index contributed by atoms with van der Waals surface area (Å²) < 4.78 is 12.6. The number of rotatable bonds is 9. The van der Waals surface area contributed by atoms with Crippen LogP contribution in [0.1, 0.15) is 13.3 Å². The van der Waals surface area contributed by atoms with Gasteiger partial charge in [-0.3, -0.25) is 0 Å². The number of para-hydroxylation sites is 1. The Balaban J connectivity index is 1.96. The molecule has 0 aliphatic heterocycles. The van der Waals surface area contributed by atoms with Gasteiger partial charge in [0.25, 0.3) is 0 Å². The fraction of sp³-hybridized carbons (Fsp3) is 0.467. The lowest BCUT2D eigenvalue weighted by molar-refractivity contribution is 0.0743. The van der Waals surface area contributed by atoms with Gasteiger partial charge in [-0.25, -0.2) is 4.68 Å². The van der Waals surface area contributed by atoms with Crippen molar-refractivity contribution in [3.05, 3.63) is 36.7 Å². The third-order valence-corrected chi connectivity index (χ3v) is 2.91. The van der Waals surface area contributed by atoms with Crippen molar-refractivity contribution in [1.29, 1.82) is 0 Å². The second-order valence-corrected chi connectivity index (χ2v) is 4.71. The van der Waals surface area contributed by atoms with Crippen molar-refractivity contribution in [3.63, 3.8) is 0 Å². The first-order chi connectivity index (χ1) is 10.3. The lowest BCUT2D eigenvalue weighted by atomic mass is 10.3. The lowest BCUT2D eigenvalue weighted by Crippen LogP contribution is -2.35. The third-order valence-electron chi connectivity index (χ3n) is 2.91. The van der Waals surface area contributed by atoms with Crippen molar-refractivity contribution in [2.75, 3.05) is 26.8 Å². The van der Waals surface area contributed by atoms with E-state index in [0.717, 1.165) is 18.7 Å². The van der Waals surface area contributed by atoms with E-state index in [0.29, 0.717) is 19.2 Å². The molecule has 0 amide bonds. The Morgan fingerprint density at radius 3 is 2.81 bits per heavy atom. The van der Waals surface area contributed by atoms with Crippen LogP contribution in [-0.2, 0) is 4.74 Å². The maximum Gasteiger partial charge on any atom is 0.336 e. The van der Waals surface area contributed by atoms with E-state index in [1.54, 1.807) is 18.1 Å². The maximum atomic E-state index is 5.77. The number of nitrogens with one attached hydrogen (secondary N) is 1. The van der Waals surface area contributed by atoms with E-state index in [2.05, 4.69) is 22.3 Å². The molecule has 0 aliphatic rings. The zero-order chi connectivity index (χ0) is 14.9. The van der Waals surface area contributed by atoms with Gasteiger partial charge in [-0.05, 0) is 25.1 Å². The second kappa shape index (κ2) is 8.39. The van der Waals surface area contributed by atoms with E-state index in [4.69, 9.17) is 9.47 Å². The molecule has 1 heterocycles. The zero-order valence-electron chi connectivity index (χ0n) is 12.5. The number of methoxy groups -OCH3 is 1. The summed E-state index contributed by atoms with van der Waals surface area (Å²) in [6.07, 6.45) is 2.63. The smallest absolute Gasteiger partial charge is 0.336 e. The summed E-state index contributed by atoms with van der Waals surface area (Å²) in [4.78, 5) is 4.19. The van der Waals surface area contributed by atoms with Gasteiger partial charge in [0.15, 0.2) is 0 Å². The molecule has 6 heteroatoms. The average Bonchev–Trinajstić information content (AvgIpc) is 2.97. The number of benzene rings is 1. The van der Waals surface area contributed by atoms with Crippen LogP contribution in [0, 0.1) is 0 Å². The Morgan fingerprint density at radius 2 is 2.10 bits per heavy atom. The molecule has 1 unspecified atom stereocenters. The highest BCUT2D eigenvalue weighted by molar-refractivity contribution is 5.29. The van der Waals surface area contributed by atoms with Gasteiger partial charge in [-0.2, -0.15) is 4.98 Å². The first-order valence-corrected chi connectivity index (χ1v) is 7.17. The molecule has 2 aromatic rings. The van der Waals surface area contributed by atoms with E-state index in [-0.39, 0.29) is 6.10 Å². The normalized spacial score (nSPS) is 12.3. The monoisotopic (exact) mass is 290 g/mol. The number of ether oxygens (including phenoxy) is 2. The molecule has 1 aromatic heterocycles. The van der Waals surface area contributed by atoms with Gasteiger partial charge in [-0.1, -0.05) is 25.1 Å². The standard InChI is InChI=1S/C15H22N4O2/c1-3-9-16-10-14(11-20-2)21-15-17-12-19(18-15)13-7-5-4-6-8-13/h4-8,12,14,16H,3,9-11H2,1-2H3. The van der Waals surface area contributed by atoms with E-state index in [1.807, 2.05) is 30.3 Å². The number of hydrogen-bond donors (Lipinski definition) is 1. The summed E-state index contributed by atoms with van der Waals surface area (Å²) in [5.41, 5.74) is 0.951. The highest BCUT2D eigenvalue weighted by atomic mass is 16.5. The quantitative estimate of drug-likeness (QED) is 0.712. The van der Waals surface area contributed by atoms with Crippen molar-refractivity contribution in [2.24, 2.45) is 0 Å². The van der Waals surface area contributed by atoms with Gasteiger partial charge in [0.2, 0.25) is 0 Å². The molecule has 2 rings (SSSR count). The van der Waals surface area contributed by atoms with Crippen LogP contribution in [0.5, 0.6) is 6.01 Å². The van der Waals surface area contributed by atoms with E-state index >= 15 is 0 Å². The van der Waals surface area contributed by atoms with Crippen LogP contribution in [0.4, 0.5) is 0 Å². The SMILES string of the molecule is CCCNCC(COC)Oc1ncn(-c2ccccc2)n1. The summed E-state index contributed by atoms with van der Waals surface area (Å²) in [7, 11) is 1.66. The molecule has 1 aromatic carbocycles. The summed E-state index contributed by atoms with van der Waals surface area (Å²) in [5, 5.41) is 7.64. The average molecular weight is 290 g/mol. The summed E-state index contributed by atoms with van der Waals surface area (Å²) in [6.45, 7) is 4.29. The number of hydrogen-bond acceptors (Lipinski definition) is 5. The predicted octanol–water partition coefficient (Wildman–Crippen LogP) is 1.66. The van der Waals surface area contributed by atoms with Crippen molar-refractivity contribution in [3.8, 4) is 11.7 Å². The van der Waals surface area contributed by atoms with Crippen molar-refractivity contribution in [2.45, 2.75) is 19.4 Å². The highest BCUT2D eigenvalue weighted by Gasteiger charge is 2.13. The molecule has 0 saturated carbocycles. The number of aromatic nitrogens is 3. The van der Waals surface area contributed by atoms with Crippen LogP contribution in [0.25, 0.3) is 5.69 Å². The topological polar surface area (TPSA) is 61.2 Å². The van der Waals surface area contributed by atoms with Crippen LogP contribution >= 0.6 is 0 Å². The largest absolute Gasteiger partial charge is 0.455 e. The fourth-order valence-corrected chi connectivity index (χ4v) is 1.92. The Kier molecular flexibility index (Phi) is 6.18. The molecule has 0 spiro atoms. The van der Waals surface area contributed by atoms with Gasteiger partial charge < -0.3 is 14.8 Å². The van der Waals surface area contributed by atoms with Crippen molar-refractivity contribution >= 4 is 0 Å². The Morgan fingerprint density at radius 1 is 1.29 bits per heavy atom. The molecular weight excluding hydrogens is 268 g/mol. The maximum absolute atomic E-state index is 5.77. The summed E-state index contributed by atoms with van der Waals surface area (Å²) in [5.74, 6) is 0. The van der Waals surface area contributed by atoms with Crippen LogP contribution in [0.15, 0.2) is 36.7 Å². The predicted molar refractivity (Wildman–Crippen MR) is 80.8 cm³/mol. The van der Waals surface area contributed by atoms with Crippen LogP contribution in [0.3, 0.4) is 0 Å². The minimum Gasteiger partial charge on any atom is -0.455 e. The molecular formula is C15H22N4O2. The Hall–Kier alpha value is -1.92. The van der Waals surface area contributed by atoms with Gasteiger partial charge in [0, 0.05) is 13.7 Å². The van der Waals surface area contributed by atoms with E-state index in [9.17, 15) is 0 Å². The third kappa shape index (κ3) is 4.84. The molecule has 1 atom stereocenters. The molecule has 0 fully saturated rings. The van der Waals surface area contributed by atoms with Crippen LogP contribution in [0.2, 0.25) is 0 Å². The first-order valence-electron chi connectivity index (χ1n) is 7.17. The van der Waals surface area contributed by atoms with Gasteiger partial charge in [0.05, 0.1) is 12.3 Å². The second-order valence-electron chi connectivity index (χ2n) is 4.71. The van der Waals surface area contributed by atoms with Crippen molar-refractivity contribution in [1.82, 2.24) is 20.1 Å². The molecule has 21 heavy (non-hydrogen) atoms. The minimum atomic E-state index is -0.104. The molecule has 114 valence electrons. The van der Waals surface area contributed by atoms with Crippen LogP contribution in [-0.4, -0.2) is 47.7 Å². The summed E-state index contributed by atoms with van der Waals surface area (Å²) in [6, 6.07) is 10.2. The number of nitrogens with zero attached hydrogens (tertiary/aromatic N) is 3. The van der Waals surface area contributed by atoms with Gasteiger partial charge in [0.1, 0.15) is 12.4 Å². The minimum absolute atomic E-state index is 0.104. The lowest BCUT2D eigenvalue weighted by Gasteiger charge is -2.16. The molecule has 1 N–H and O–H groups in total. The zero-order valence-corrected chi connectivity index (χ0v) is 12.5. The van der Waals surface area contributed by atoms with Crippen molar-refractivity contribution < 1.29 is 9.47 Å².